The van der Waals surface area contributed by atoms with Crippen molar-refractivity contribution in [3.63, 3.8) is 0 Å². The van der Waals surface area contributed by atoms with Crippen LogP contribution in [-0.2, 0) is 24.6 Å². The van der Waals surface area contributed by atoms with Crippen LogP contribution in [0.25, 0.3) is 0 Å². The molecule has 0 aromatic heterocycles. The van der Waals surface area contributed by atoms with E-state index in [1.807, 2.05) is 0 Å². The van der Waals surface area contributed by atoms with Crippen LogP contribution in [0.1, 0.15) is 25.3 Å². The number of aliphatic hydroxyl groups is 2. The molecule has 1 aliphatic rings. The predicted molar refractivity (Wildman–Crippen MR) is 109 cm³/mol. The van der Waals surface area contributed by atoms with Gasteiger partial charge in [0, 0.05) is 0 Å². The standard InChI is InChI=1S/C22H23F5NO5.Ni.H2O/c1-5-12(6-7-13(30)10-29)28-20(31)19-16(11(2)21(3,33-19)22(25,26)27)14-8-9-15(23)17(24)18(14)32-4;;/h1,5-6,8-9,11,13,16,19,29-30H,10H2,2-4H3,(H,28,31);;1H2/q-1;;/p-1/b12-6+;;/t11-,13-,16-,19+,21+;;/m0../s1. The van der Waals surface area contributed by atoms with E-state index in [0.717, 1.165) is 32.3 Å². The molecule has 1 saturated heterocycles. The Morgan fingerprint density at radius 3 is 2.49 bits per heavy atom. The van der Waals surface area contributed by atoms with Crippen LogP contribution < -0.4 is 10.1 Å². The van der Waals surface area contributed by atoms with Gasteiger partial charge in [0.1, 0.15) is 0 Å². The molecule has 13 heteroatoms. The van der Waals surface area contributed by atoms with Gasteiger partial charge >= 0.3 is 200 Å². The first-order valence-corrected chi connectivity index (χ1v) is 10.3. The zero-order chi connectivity index (χ0) is 26.0. The first kappa shape index (κ1) is 30.9. The monoisotopic (exact) mass is 551 g/mol. The largest absolute Gasteiger partial charge is 0.870 e. The van der Waals surface area contributed by atoms with Crippen LogP contribution in [-0.4, -0.2) is 63.8 Å². The summed E-state index contributed by atoms with van der Waals surface area (Å²) >= 11 is 4.54. The van der Waals surface area contributed by atoms with Gasteiger partial charge in [0.2, 0.25) is 0 Å². The van der Waals surface area contributed by atoms with E-state index in [0.29, 0.717) is 6.07 Å². The van der Waals surface area contributed by atoms with Crippen molar-refractivity contribution >= 4 is 10.4 Å². The van der Waals surface area contributed by atoms with Crippen molar-refractivity contribution in [2.75, 3.05) is 13.7 Å². The fraction of sp³-hybridized carbons (Fsp3) is 0.455. The van der Waals surface area contributed by atoms with Crippen molar-refractivity contribution in [2.45, 2.75) is 43.8 Å². The molecule has 0 spiro atoms. The molecule has 1 aromatic rings. The number of hydrogen-bond donors (Lipinski definition) is 3. The smallest absolute Gasteiger partial charge is 0.870 e. The molecule has 1 amide bonds. The molecule has 2 rings (SSSR count). The molecule has 0 bridgehead atoms. The number of halogens is 5. The minimum Gasteiger partial charge on any atom is -0.870 e. The summed E-state index contributed by atoms with van der Waals surface area (Å²) in [6.45, 7) is 6.67. The minimum absolute atomic E-state index is 0. The van der Waals surface area contributed by atoms with E-state index in [-0.39, 0.29) is 21.2 Å². The Hall–Kier alpha value is -2.18. The maximum absolute atomic E-state index is 14.4. The zero-order valence-electron chi connectivity index (χ0n) is 18.7. The second kappa shape index (κ2) is 11.7. The second-order valence-electron chi connectivity index (χ2n) is 7.74. The number of hydrogen-bond acceptors (Lipinski definition) is 6. The molecule has 1 fully saturated rings. The number of methoxy groups -OCH3 is 1. The fourth-order valence-electron chi connectivity index (χ4n) is 3.70. The summed E-state index contributed by atoms with van der Waals surface area (Å²) < 4.78 is 79.9. The van der Waals surface area contributed by atoms with E-state index in [1.54, 1.807) is 0 Å². The Labute approximate surface area is 205 Å². The number of nitrogens with one attached hydrogen (secondary N) is 1. The van der Waals surface area contributed by atoms with Gasteiger partial charge in [-0.25, -0.2) is 0 Å². The van der Waals surface area contributed by atoms with Crippen molar-refractivity contribution in [1.29, 1.82) is 0 Å². The summed E-state index contributed by atoms with van der Waals surface area (Å²) in [6.07, 6.45) is -6.26. The Bertz CT molecular complexity index is 1000. The first-order valence-electron chi connectivity index (χ1n) is 9.85. The number of benzene rings is 1. The fourth-order valence-corrected chi connectivity index (χ4v) is 3.94. The third-order valence-electron chi connectivity index (χ3n) is 5.77. The van der Waals surface area contributed by atoms with Crippen molar-refractivity contribution in [1.82, 2.24) is 5.32 Å². The number of ether oxygens (including phenoxy) is 2. The van der Waals surface area contributed by atoms with E-state index in [9.17, 15) is 31.9 Å². The third kappa shape index (κ3) is 5.98. The summed E-state index contributed by atoms with van der Waals surface area (Å²) in [5.41, 5.74) is -3.21. The molecule has 4 N–H and O–H groups in total. The molecule has 35 heavy (non-hydrogen) atoms. The molecular formula is C22H24F5NNiO6-2. The Morgan fingerprint density at radius 1 is 1.40 bits per heavy atom. The summed E-state index contributed by atoms with van der Waals surface area (Å²) in [5.74, 6) is -7.29. The minimum atomic E-state index is -4.92. The van der Waals surface area contributed by atoms with Gasteiger partial charge in [-0.15, -0.1) is 0 Å². The predicted octanol–water partition coefficient (Wildman–Crippen LogP) is 2.30. The van der Waals surface area contributed by atoms with Crippen molar-refractivity contribution in [2.24, 2.45) is 5.92 Å². The van der Waals surface area contributed by atoms with Gasteiger partial charge in [-0.05, 0) is 0 Å². The van der Waals surface area contributed by atoms with Gasteiger partial charge in [-0.2, -0.15) is 0 Å². The number of rotatable bonds is 8. The first-order chi connectivity index (χ1) is 15.7. The molecule has 0 aliphatic carbocycles. The van der Waals surface area contributed by atoms with Crippen LogP contribution in [0, 0.1) is 24.1 Å². The third-order valence-corrected chi connectivity index (χ3v) is 6.24. The molecular weight excluding hydrogens is 528 g/mol. The van der Waals surface area contributed by atoms with Crippen LogP contribution in [0.5, 0.6) is 5.75 Å². The topological polar surface area (TPSA) is 118 Å². The molecule has 1 aromatic carbocycles. The van der Waals surface area contributed by atoms with Crippen molar-refractivity contribution < 1.29 is 66.9 Å². The number of alkyl halides is 3. The normalized spacial score (nSPS) is 25.5. The number of carbonyl (C=O) groups excluding carboxylic acids is 1. The SMILES string of the molecule is [CH-]=C/C(=C\[C](=[Ni])[C@H](O)CO)NC(=O)[C@@H]1O[C@@](C)(C(F)(F)F)[C@@H](C)[C@H]1c1ccc(F)c(F)c1OC.[OH-]. The molecule has 200 valence electrons. The quantitative estimate of drug-likeness (QED) is 0.197. The summed E-state index contributed by atoms with van der Waals surface area (Å²) in [7, 11) is 1.01. The molecule has 7 nitrogen and oxygen atoms in total. The van der Waals surface area contributed by atoms with E-state index < -0.39 is 65.7 Å². The summed E-state index contributed by atoms with van der Waals surface area (Å²) in [4.78, 5) is 13.1. The van der Waals surface area contributed by atoms with Gasteiger partial charge in [-0.1, -0.05) is 0 Å². The molecule has 1 heterocycles. The average Bonchev–Trinajstić information content (AvgIpc) is 3.06. The van der Waals surface area contributed by atoms with Crippen molar-refractivity contribution in [3.05, 3.63) is 53.8 Å². The molecule has 0 radical (unpaired) electrons. The molecule has 1 aliphatic heterocycles. The maximum atomic E-state index is 14.4. The van der Waals surface area contributed by atoms with Crippen LogP contribution in [0.2, 0.25) is 0 Å². The van der Waals surface area contributed by atoms with Crippen molar-refractivity contribution in [3.8, 4) is 5.75 Å². The number of amides is 1. The Kier molecular flexibility index (Phi) is 10.3. The van der Waals surface area contributed by atoms with Crippen LogP contribution in [0.4, 0.5) is 22.0 Å². The van der Waals surface area contributed by atoms with Gasteiger partial charge in [0.25, 0.3) is 0 Å². The van der Waals surface area contributed by atoms with E-state index >= 15 is 0 Å². The maximum Gasteiger partial charge on any atom is -0.870 e. The van der Waals surface area contributed by atoms with Crippen LogP contribution >= 0.6 is 0 Å². The van der Waals surface area contributed by atoms with Gasteiger partial charge in [0.05, 0.1) is 0 Å². The second-order valence-corrected chi connectivity index (χ2v) is 8.31. The number of aliphatic hydroxyl groups excluding tert-OH is 2. The molecule has 0 saturated carbocycles. The Balaban J connectivity index is 0.00000612. The van der Waals surface area contributed by atoms with Crippen LogP contribution in [0.3, 0.4) is 0 Å². The van der Waals surface area contributed by atoms with Gasteiger partial charge < -0.3 is 5.48 Å². The van der Waals surface area contributed by atoms with Gasteiger partial charge in [0.15, 0.2) is 0 Å². The summed E-state index contributed by atoms with van der Waals surface area (Å²) in [6, 6.07) is 1.75. The Morgan fingerprint density at radius 2 is 2.00 bits per heavy atom. The average molecular weight is 552 g/mol. The van der Waals surface area contributed by atoms with E-state index in [1.165, 1.54) is 6.92 Å². The number of allylic oxidation sites excluding steroid dienone is 1. The summed E-state index contributed by atoms with van der Waals surface area (Å²) in [5, 5.41) is 20.8. The molecule has 0 unspecified atom stereocenters. The number of carbonyl (C=O) groups is 1. The van der Waals surface area contributed by atoms with Crippen LogP contribution in [0.15, 0.2) is 30.0 Å². The van der Waals surface area contributed by atoms with E-state index in [2.05, 4.69) is 20.3 Å². The zero-order valence-corrected chi connectivity index (χ0v) is 19.7. The van der Waals surface area contributed by atoms with E-state index in [4.69, 9.17) is 21.2 Å². The molecule has 5 atom stereocenters. The van der Waals surface area contributed by atoms with Gasteiger partial charge in [-0.3, -0.25) is 0 Å².